The number of likely N-dealkylation sites (tertiary alicyclic amines) is 1. The summed E-state index contributed by atoms with van der Waals surface area (Å²) in [6.45, 7) is 2.02. The van der Waals surface area contributed by atoms with Gasteiger partial charge in [0, 0.05) is 5.56 Å². The molecule has 1 heterocycles. The Morgan fingerprint density at radius 1 is 1.29 bits per heavy atom. The van der Waals surface area contributed by atoms with E-state index in [0.717, 1.165) is 11.4 Å². The van der Waals surface area contributed by atoms with Crippen molar-refractivity contribution in [2.75, 3.05) is 13.1 Å². The largest absolute Gasteiger partial charge is 0.481 e. The van der Waals surface area contributed by atoms with E-state index in [4.69, 9.17) is 5.11 Å². The van der Waals surface area contributed by atoms with Crippen molar-refractivity contribution in [2.45, 2.75) is 19.1 Å². The molecule has 1 aliphatic rings. The van der Waals surface area contributed by atoms with Crippen molar-refractivity contribution in [3.8, 4) is 0 Å². The molecule has 0 radical (unpaired) electrons. The maximum Gasteiger partial charge on any atom is 0.312 e. The Morgan fingerprint density at radius 2 is 2.00 bits per heavy atom. The predicted octanol–water partition coefficient (Wildman–Crippen LogP) is -0.463. The smallest absolute Gasteiger partial charge is 0.312 e. The SMILES string of the molecule is O=C(O)[C@@H]1C[C@@H](O)C[NH+](Cc2ccccc2)C1. The van der Waals surface area contributed by atoms with Crippen LogP contribution in [0.4, 0.5) is 0 Å². The molecule has 4 nitrogen and oxygen atoms in total. The molecule has 4 heteroatoms. The average molecular weight is 236 g/mol. The summed E-state index contributed by atoms with van der Waals surface area (Å²) in [5, 5.41) is 18.7. The minimum atomic E-state index is -0.797. The van der Waals surface area contributed by atoms with Crippen LogP contribution in [0.5, 0.6) is 0 Å². The Balaban J connectivity index is 1.99. The quantitative estimate of drug-likeness (QED) is 0.665. The maximum absolute atomic E-state index is 11.0. The van der Waals surface area contributed by atoms with E-state index in [2.05, 4.69) is 0 Å². The average Bonchev–Trinajstić information content (AvgIpc) is 2.29. The molecule has 0 spiro atoms. The van der Waals surface area contributed by atoms with E-state index in [1.807, 2.05) is 30.3 Å². The van der Waals surface area contributed by atoms with Crippen LogP contribution in [0.25, 0.3) is 0 Å². The van der Waals surface area contributed by atoms with Crippen LogP contribution >= 0.6 is 0 Å². The number of aliphatic carboxylic acids is 1. The lowest BCUT2D eigenvalue weighted by atomic mass is 9.96. The lowest BCUT2D eigenvalue weighted by Crippen LogP contribution is -3.13. The van der Waals surface area contributed by atoms with Crippen LogP contribution in [0.15, 0.2) is 30.3 Å². The third kappa shape index (κ3) is 3.28. The number of quaternary nitrogens is 1. The van der Waals surface area contributed by atoms with Gasteiger partial charge in [0.2, 0.25) is 0 Å². The van der Waals surface area contributed by atoms with E-state index < -0.39 is 18.0 Å². The zero-order valence-electron chi connectivity index (χ0n) is 9.67. The second kappa shape index (κ2) is 5.29. The number of aliphatic hydroxyl groups is 1. The van der Waals surface area contributed by atoms with E-state index in [9.17, 15) is 9.90 Å². The lowest BCUT2D eigenvalue weighted by Gasteiger charge is -2.30. The third-order valence-corrected chi connectivity index (χ3v) is 3.26. The normalized spacial score (nSPS) is 28.9. The fourth-order valence-electron chi connectivity index (χ4n) is 2.48. The topological polar surface area (TPSA) is 62.0 Å². The summed E-state index contributed by atoms with van der Waals surface area (Å²) in [6.07, 6.45) is -0.114. The van der Waals surface area contributed by atoms with Crippen LogP contribution in [-0.2, 0) is 11.3 Å². The fraction of sp³-hybridized carbons (Fsp3) is 0.462. The molecule has 0 aromatic heterocycles. The van der Waals surface area contributed by atoms with Gasteiger partial charge < -0.3 is 15.1 Å². The first-order valence-electron chi connectivity index (χ1n) is 5.93. The summed E-state index contributed by atoms with van der Waals surface area (Å²) >= 11 is 0. The van der Waals surface area contributed by atoms with Gasteiger partial charge in [-0.3, -0.25) is 4.79 Å². The molecular weight excluding hydrogens is 218 g/mol. The highest BCUT2D eigenvalue weighted by Crippen LogP contribution is 2.08. The molecule has 1 aromatic carbocycles. The van der Waals surface area contributed by atoms with Crippen LogP contribution in [0.2, 0.25) is 0 Å². The first-order valence-corrected chi connectivity index (χ1v) is 5.93. The summed E-state index contributed by atoms with van der Waals surface area (Å²) in [6, 6.07) is 9.98. The van der Waals surface area contributed by atoms with Gasteiger partial charge in [0.05, 0.1) is 6.54 Å². The molecular formula is C13H18NO3+. The Morgan fingerprint density at radius 3 is 2.65 bits per heavy atom. The van der Waals surface area contributed by atoms with E-state index in [-0.39, 0.29) is 0 Å². The van der Waals surface area contributed by atoms with Gasteiger partial charge in [0.15, 0.2) is 0 Å². The lowest BCUT2D eigenvalue weighted by molar-refractivity contribution is -0.924. The molecule has 1 unspecified atom stereocenters. The van der Waals surface area contributed by atoms with Crippen molar-refractivity contribution >= 4 is 5.97 Å². The summed E-state index contributed by atoms with van der Waals surface area (Å²) in [4.78, 5) is 12.1. The van der Waals surface area contributed by atoms with E-state index in [1.54, 1.807) is 0 Å². The Labute approximate surface area is 100 Å². The highest BCUT2D eigenvalue weighted by Gasteiger charge is 2.33. The zero-order valence-corrected chi connectivity index (χ0v) is 9.67. The van der Waals surface area contributed by atoms with E-state index in [0.29, 0.717) is 19.5 Å². The second-order valence-corrected chi connectivity index (χ2v) is 4.75. The molecule has 0 amide bonds. The maximum atomic E-state index is 11.0. The number of carbonyl (C=O) groups is 1. The third-order valence-electron chi connectivity index (χ3n) is 3.26. The molecule has 1 aliphatic heterocycles. The summed E-state index contributed by atoms with van der Waals surface area (Å²) in [5.41, 5.74) is 1.18. The molecule has 0 aliphatic carbocycles. The number of hydrogen-bond donors (Lipinski definition) is 3. The molecule has 92 valence electrons. The van der Waals surface area contributed by atoms with Gasteiger partial charge in [-0.05, 0) is 6.42 Å². The molecule has 1 saturated heterocycles. The van der Waals surface area contributed by atoms with Crippen LogP contribution < -0.4 is 4.90 Å². The summed E-state index contributed by atoms with van der Waals surface area (Å²) in [7, 11) is 0. The number of carboxylic acids is 1. The molecule has 0 bridgehead atoms. The number of piperidine rings is 1. The summed E-state index contributed by atoms with van der Waals surface area (Å²) < 4.78 is 0. The molecule has 2 rings (SSSR count). The van der Waals surface area contributed by atoms with Crippen molar-refractivity contribution in [1.29, 1.82) is 0 Å². The van der Waals surface area contributed by atoms with Gasteiger partial charge >= 0.3 is 5.97 Å². The first kappa shape index (κ1) is 12.1. The predicted molar refractivity (Wildman–Crippen MR) is 62.6 cm³/mol. The molecule has 0 saturated carbocycles. The first-order chi connectivity index (χ1) is 8.15. The molecule has 17 heavy (non-hydrogen) atoms. The van der Waals surface area contributed by atoms with E-state index in [1.165, 1.54) is 5.56 Å². The van der Waals surface area contributed by atoms with Gasteiger partial charge in [-0.15, -0.1) is 0 Å². The monoisotopic (exact) mass is 236 g/mol. The Hall–Kier alpha value is -1.39. The second-order valence-electron chi connectivity index (χ2n) is 4.75. The van der Waals surface area contributed by atoms with Gasteiger partial charge in [0.25, 0.3) is 0 Å². The highest BCUT2D eigenvalue weighted by atomic mass is 16.4. The van der Waals surface area contributed by atoms with E-state index >= 15 is 0 Å². The van der Waals surface area contributed by atoms with Gasteiger partial charge in [-0.2, -0.15) is 0 Å². The van der Waals surface area contributed by atoms with Crippen molar-refractivity contribution in [3.63, 3.8) is 0 Å². The van der Waals surface area contributed by atoms with Crippen LogP contribution in [-0.4, -0.2) is 35.4 Å². The Bertz CT molecular complexity index is 380. The van der Waals surface area contributed by atoms with Gasteiger partial charge in [-0.1, -0.05) is 30.3 Å². The number of hydrogen-bond acceptors (Lipinski definition) is 2. The number of rotatable bonds is 3. The summed E-state index contributed by atoms with van der Waals surface area (Å²) in [5.74, 6) is -1.22. The van der Waals surface area contributed by atoms with Crippen LogP contribution in [0, 0.1) is 5.92 Å². The minimum Gasteiger partial charge on any atom is -0.481 e. The molecule has 3 atom stereocenters. The Kier molecular flexibility index (Phi) is 3.76. The molecule has 3 N–H and O–H groups in total. The van der Waals surface area contributed by atoms with Crippen LogP contribution in [0.3, 0.4) is 0 Å². The van der Waals surface area contributed by atoms with Crippen molar-refractivity contribution < 1.29 is 19.9 Å². The van der Waals surface area contributed by atoms with Crippen LogP contribution in [0.1, 0.15) is 12.0 Å². The standard InChI is InChI=1S/C13H17NO3/c15-12-6-11(13(16)17)8-14(9-12)7-10-4-2-1-3-5-10/h1-5,11-12,15H,6-9H2,(H,16,17)/p+1/t11-,12-/m1/s1. The zero-order chi connectivity index (χ0) is 12.3. The van der Waals surface area contributed by atoms with Crippen molar-refractivity contribution in [2.24, 2.45) is 5.92 Å². The highest BCUT2D eigenvalue weighted by molar-refractivity contribution is 5.70. The number of nitrogens with one attached hydrogen (secondary N) is 1. The van der Waals surface area contributed by atoms with Crippen molar-refractivity contribution in [3.05, 3.63) is 35.9 Å². The number of aliphatic hydroxyl groups excluding tert-OH is 1. The number of benzene rings is 1. The van der Waals surface area contributed by atoms with Crippen molar-refractivity contribution in [1.82, 2.24) is 0 Å². The number of carboxylic acid groups (broad SMARTS) is 1. The van der Waals surface area contributed by atoms with Gasteiger partial charge in [0.1, 0.15) is 25.1 Å². The van der Waals surface area contributed by atoms with Gasteiger partial charge in [-0.25, -0.2) is 0 Å². The minimum absolute atomic E-state index is 0.383. The molecule has 1 aromatic rings. The molecule has 1 fully saturated rings. The fourth-order valence-corrected chi connectivity index (χ4v) is 2.48.